The van der Waals surface area contributed by atoms with Gasteiger partial charge in [-0.1, -0.05) is 30.4 Å². The van der Waals surface area contributed by atoms with Crippen molar-refractivity contribution in [3.8, 4) is 11.4 Å². The van der Waals surface area contributed by atoms with E-state index in [2.05, 4.69) is 25.5 Å². The average molecular weight is 399 g/mol. The molecule has 3 rings (SSSR count). The molecule has 0 fully saturated rings. The zero-order valence-corrected chi connectivity index (χ0v) is 16.9. The van der Waals surface area contributed by atoms with Gasteiger partial charge in [-0.25, -0.2) is 9.78 Å². The fourth-order valence-electron chi connectivity index (χ4n) is 2.50. The van der Waals surface area contributed by atoms with Gasteiger partial charge in [0.2, 0.25) is 5.13 Å². The van der Waals surface area contributed by atoms with E-state index in [0.717, 1.165) is 27.8 Å². The van der Waals surface area contributed by atoms with Crippen LogP contribution in [0.3, 0.4) is 0 Å². The number of H-pyrrole nitrogens is 1. The molecule has 3 aromatic rings. The van der Waals surface area contributed by atoms with E-state index < -0.39 is 18.0 Å². The zero-order chi connectivity index (χ0) is 20.3. The minimum Gasteiger partial charge on any atom is -0.449 e. The minimum absolute atomic E-state index is 0.346. The van der Waals surface area contributed by atoms with Crippen LogP contribution in [0, 0.1) is 20.8 Å². The molecule has 146 valence electrons. The number of aromatic amines is 1. The first-order valence-corrected chi connectivity index (χ1v) is 9.64. The Morgan fingerprint density at radius 1 is 1.18 bits per heavy atom. The number of imidazole rings is 1. The van der Waals surface area contributed by atoms with Crippen molar-refractivity contribution in [3.05, 3.63) is 46.2 Å². The summed E-state index contributed by atoms with van der Waals surface area (Å²) in [6, 6.07) is 6.89. The molecule has 0 saturated carbocycles. The van der Waals surface area contributed by atoms with Crippen LogP contribution >= 0.6 is 11.3 Å². The quantitative estimate of drug-likeness (QED) is 0.615. The first-order valence-electron chi connectivity index (χ1n) is 8.83. The third-order valence-corrected chi connectivity index (χ3v) is 4.94. The largest absolute Gasteiger partial charge is 0.449 e. The first-order chi connectivity index (χ1) is 13.4. The van der Waals surface area contributed by atoms with Crippen LogP contribution < -0.4 is 5.32 Å². The number of esters is 1. The van der Waals surface area contributed by atoms with Crippen LogP contribution in [0.15, 0.2) is 24.3 Å². The number of amides is 1. The molecule has 9 heteroatoms. The summed E-state index contributed by atoms with van der Waals surface area (Å²) in [4.78, 5) is 32.4. The predicted molar refractivity (Wildman–Crippen MR) is 106 cm³/mol. The Kier molecular flexibility index (Phi) is 5.84. The highest BCUT2D eigenvalue weighted by atomic mass is 32.1. The monoisotopic (exact) mass is 399 g/mol. The molecule has 0 saturated heterocycles. The molecular weight excluding hydrogens is 378 g/mol. The van der Waals surface area contributed by atoms with E-state index in [4.69, 9.17) is 4.74 Å². The van der Waals surface area contributed by atoms with Gasteiger partial charge in [-0.05, 0) is 39.3 Å². The number of aryl methyl sites for hydroxylation is 3. The molecule has 1 atom stereocenters. The Morgan fingerprint density at radius 3 is 2.43 bits per heavy atom. The summed E-state index contributed by atoms with van der Waals surface area (Å²) in [6.07, 6.45) is -0.565. The van der Waals surface area contributed by atoms with Crippen molar-refractivity contribution in [2.75, 3.05) is 5.32 Å². The van der Waals surface area contributed by atoms with Crippen LogP contribution in [0.1, 0.15) is 40.1 Å². The maximum absolute atomic E-state index is 12.4. The number of benzene rings is 1. The molecule has 2 heterocycles. The van der Waals surface area contributed by atoms with Crippen molar-refractivity contribution < 1.29 is 14.3 Å². The first kappa shape index (κ1) is 19.7. The Labute approximate surface area is 166 Å². The lowest BCUT2D eigenvalue weighted by atomic mass is 10.1. The predicted octanol–water partition coefficient (Wildman–Crippen LogP) is 3.43. The van der Waals surface area contributed by atoms with E-state index in [1.807, 2.05) is 13.8 Å². The lowest BCUT2D eigenvalue weighted by Crippen LogP contribution is -2.32. The smallest absolute Gasteiger partial charge is 0.338 e. The highest BCUT2D eigenvalue weighted by Crippen LogP contribution is 2.19. The second kappa shape index (κ2) is 8.30. The van der Waals surface area contributed by atoms with Crippen LogP contribution in [0.5, 0.6) is 0 Å². The molecule has 0 spiro atoms. The van der Waals surface area contributed by atoms with E-state index in [1.165, 1.54) is 11.3 Å². The van der Waals surface area contributed by atoms with Crippen LogP contribution in [0.2, 0.25) is 0 Å². The fourth-order valence-corrected chi connectivity index (χ4v) is 3.10. The van der Waals surface area contributed by atoms with Gasteiger partial charge in [0, 0.05) is 11.3 Å². The average Bonchev–Trinajstić information content (AvgIpc) is 3.24. The number of hydrogen-bond acceptors (Lipinski definition) is 7. The Morgan fingerprint density at radius 2 is 1.89 bits per heavy atom. The number of nitrogens with one attached hydrogen (secondary N) is 2. The van der Waals surface area contributed by atoms with Crippen LogP contribution in [0.4, 0.5) is 5.13 Å². The second-order valence-corrected chi connectivity index (χ2v) is 7.47. The summed E-state index contributed by atoms with van der Waals surface area (Å²) >= 11 is 1.26. The molecule has 2 N–H and O–H groups in total. The Bertz CT molecular complexity index is 974. The molecule has 0 aliphatic carbocycles. The molecule has 1 unspecified atom stereocenters. The second-order valence-electron chi connectivity index (χ2n) is 6.29. The van der Waals surface area contributed by atoms with E-state index in [1.54, 1.807) is 38.1 Å². The fraction of sp³-hybridized carbons (Fsp3) is 0.316. The molecule has 0 radical (unpaired) electrons. The van der Waals surface area contributed by atoms with Gasteiger partial charge in [-0.2, -0.15) is 0 Å². The van der Waals surface area contributed by atoms with Gasteiger partial charge < -0.3 is 9.72 Å². The number of anilines is 1. The van der Waals surface area contributed by atoms with Crippen LogP contribution in [-0.2, 0) is 9.53 Å². The third-order valence-electron chi connectivity index (χ3n) is 4.19. The molecule has 0 aliphatic rings. The lowest BCUT2D eigenvalue weighted by Gasteiger charge is -2.15. The van der Waals surface area contributed by atoms with Crippen molar-refractivity contribution in [1.82, 2.24) is 20.2 Å². The van der Waals surface area contributed by atoms with E-state index in [0.29, 0.717) is 17.1 Å². The normalized spacial score (nSPS) is 11.9. The maximum atomic E-state index is 12.4. The van der Waals surface area contributed by atoms with Gasteiger partial charge in [0.25, 0.3) is 5.91 Å². The molecule has 0 aliphatic heterocycles. The van der Waals surface area contributed by atoms with Gasteiger partial charge in [0.05, 0.1) is 11.3 Å². The maximum Gasteiger partial charge on any atom is 0.338 e. The van der Waals surface area contributed by atoms with Crippen molar-refractivity contribution in [2.45, 2.75) is 40.2 Å². The lowest BCUT2D eigenvalue weighted by molar-refractivity contribution is -0.124. The number of hydrogen-bond donors (Lipinski definition) is 2. The summed E-state index contributed by atoms with van der Waals surface area (Å²) < 4.78 is 5.38. The molecule has 1 aromatic carbocycles. The highest BCUT2D eigenvalue weighted by Gasteiger charge is 2.23. The van der Waals surface area contributed by atoms with Crippen LogP contribution in [-0.4, -0.2) is 38.1 Å². The molecule has 2 aromatic heterocycles. The summed E-state index contributed by atoms with van der Waals surface area (Å²) in [5, 5.41) is 11.4. The van der Waals surface area contributed by atoms with Crippen molar-refractivity contribution in [3.63, 3.8) is 0 Å². The van der Waals surface area contributed by atoms with Gasteiger partial charge >= 0.3 is 5.97 Å². The SMILES string of the molecule is CCC(OC(=O)c1ccc(-c2nc(C)c(C)[nH]2)cc1)C(=O)Nc1nnc(C)s1. The molecule has 28 heavy (non-hydrogen) atoms. The van der Waals surface area contributed by atoms with E-state index in [-0.39, 0.29) is 0 Å². The molecule has 8 nitrogen and oxygen atoms in total. The van der Waals surface area contributed by atoms with Gasteiger partial charge in [0.1, 0.15) is 10.8 Å². The van der Waals surface area contributed by atoms with Crippen molar-refractivity contribution in [1.29, 1.82) is 0 Å². The zero-order valence-electron chi connectivity index (χ0n) is 16.1. The van der Waals surface area contributed by atoms with Gasteiger partial charge in [-0.3, -0.25) is 10.1 Å². The van der Waals surface area contributed by atoms with Gasteiger partial charge in [0.15, 0.2) is 6.10 Å². The summed E-state index contributed by atoms with van der Waals surface area (Å²) in [6.45, 7) is 7.45. The van der Waals surface area contributed by atoms with E-state index in [9.17, 15) is 9.59 Å². The number of carbonyl (C=O) groups is 2. The summed E-state index contributed by atoms with van der Waals surface area (Å²) in [5.74, 6) is -0.243. The summed E-state index contributed by atoms with van der Waals surface area (Å²) in [5.41, 5.74) is 3.16. The standard InChI is InChI=1S/C19H21N5O3S/c1-5-15(17(25)22-19-24-23-12(4)28-19)27-18(26)14-8-6-13(7-9-14)16-20-10(2)11(3)21-16/h6-9,15H,5H2,1-4H3,(H,20,21)(H,22,24,25). The van der Waals surface area contributed by atoms with E-state index >= 15 is 0 Å². The highest BCUT2D eigenvalue weighted by molar-refractivity contribution is 7.15. The van der Waals surface area contributed by atoms with Crippen LogP contribution in [0.25, 0.3) is 11.4 Å². The Balaban J connectivity index is 1.66. The summed E-state index contributed by atoms with van der Waals surface area (Å²) in [7, 11) is 0. The van der Waals surface area contributed by atoms with Crippen molar-refractivity contribution in [2.24, 2.45) is 0 Å². The molecular formula is C19H21N5O3S. The van der Waals surface area contributed by atoms with Gasteiger partial charge in [-0.15, -0.1) is 10.2 Å². The minimum atomic E-state index is -0.910. The third kappa shape index (κ3) is 4.42. The number of aromatic nitrogens is 4. The number of nitrogens with zero attached hydrogens (tertiary/aromatic N) is 3. The number of rotatable bonds is 6. The number of carbonyl (C=O) groups excluding carboxylic acids is 2. The number of ether oxygens (including phenoxy) is 1. The molecule has 0 bridgehead atoms. The Hall–Kier alpha value is -3.07. The molecule has 1 amide bonds. The van der Waals surface area contributed by atoms with Crippen molar-refractivity contribution >= 4 is 28.3 Å². The topological polar surface area (TPSA) is 110 Å².